The first-order valence-corrected chi connectivity index (χ1v) is 7.34. The van der Waals surface area contributed by atoms with Gasteiger partial charge in [0, 0.05) is 26.2 Å². The van der Waals surface area contributed by atoms with E-state index >= 15 is 0 Å². The molecule has 0 bridgehead atoms. The quantitative estimate of drug-likeness (QED) is 0.775. The SMILES string of the molecule is CC(CCN1CCN(C(=O)OC(C)(C)C)CC1)CON. The van der Waals surface area contributed by atoms with E-state index in [4.69, 9.17) is 10.6 Å². The van der Waals surface area contributed by atoms with Crippen LogP contribution in [0, 0.1) is 5.92 Å². The molecule has 1 atom stereocenters. The number of amides is 1. The van der Waals surface area contributed by atoms with Crippen molar-refractivity contribution in [1.29, 1.82) is 0 Å². The van der Waals surface area contributed by atoms with E-state index in [2.05, 4.69) is 16.7 Å². The van der Waals surface area contributed by atoms with Crippen LogP contribution < -0.4 is 5.90 Å². The predicted molar refractivity (Wildman–Crippen MR) is 78.2 cm³/mol. The van der Waals surface area contributed by atoms with Crippen molar-refractivity contribution in [3.05, 3.63) is 0 Å². The zero-order valence-corrected chi connectivity index (χ0v) is 13.2. The van der Waals surface area contributed by atoms with Crippen LogP contribution in [0.3, 0.4) is 0 Å². The van der Waals surface area contributed by atoms with Crippen LogP contribution in [0.5, 0.6) is 0 Å². The van der Waals surface area contributed by atoms with E-state index in [0.717, 1.165) is 39.1 Å². The smallest absolute Gasteiger partial charge is 0.410 e. The van der Waals surface area contributed by atoms with E-state index in [1.165, 1.54) is 0 Å². The molecule has 20 heavy (non-hydrogen) atoms. The van der Waals surface area contributed by atoms with E-state index in [-0.39, 0.29) is 6.09 Å². The van der Waals surface area contributed by atoms with Crippen LogP contribution in [0.1, 0.15) is 34.1 Å². The van der Waals surface area contributed by atoms with Gasteiger partial charge in [-0.25, -0.2) is 10.7 Å². The lowest BCUT2D eigenvalue weighted by Crippen LogP contribution is -2.50. The largest absolute Gasteiger partial charge is 0.444 e. The Morgan fingerprint density at radius 3 is 2.35 bits per heavy atom. The summed E-state index contributed by atoms with van der Waals surface area (Å²) >= 11 is 0. The first-order valence-electron chi connectivity index (χ1n) is 7.34. The van der Waals surface area contributed by atoms with Gasteiger partial charge in [0.25, 0.3) is 0 Å². The fourth-order valence-corrected chi connectivity index (χ4v) is 2.13. The lowest BCUT2D eigenvalue weighted by atomic mass is 10.1. The normalized spacial score (nSPS) is 18.9. The van der Waals surface area contributed by atoms with Gasteiger partial charge in [0.05, 0.1) is 6.61 Å². The van der Waals surface area contributed by atoms with Crippen LogP contribution in [0.4, 0.5) is 4.79 Å². The van der Waals surface area contributed by atoms with Crippen molar-refractivity contribution in [2.75, 3.05) is 39.3 Å². The number of rotatable bonds is 5. The van der Waals surface area contributed by atoms with E-state index in [9.17, 15) is 4.79 Å². The number of ether oxygens (including phenoxy) is 1. The van der Waals surface area contributed by atoms with E-state index in [0.29, 0.717) is 12.5 Å². The molecule has 0 aromatic rings. The zero-order valence-electron chi connectivity index (χ0n) is 13.2. The summed E-state index contributed by atoms with van der Waals surface area (Å²) < 4.78 is 5.38. The topological polar surface area (TPSA) is 68.0 Å². The molecule has 6 nitrogen and oxygen atoms in total. The van der Waals surface area contributed by atoms with Crippen LogP contribution in [0.2, 0.25) is 0 Å². The van der Waals surface area contributed by atoms with Gasteiger partial charge < -0.3 is 14.5 Å². The van der Waals surface area contributed by atoms with Gasteiger partial charge in [-0.3, -0.25) is 4.90 Å². The minimum absolute atomic E-state index is 0.206. The third-order valence-corrected chi connectivity index (χ3v) is 3.34. The van der Waals surface area contributed by atoms with Crippen molar-refractivity contribution in [2.45, 2.75) is 39.7 Å². The second-order valence-electron chi connectivity index (χ2n) is 6.54. The number of carbonyl (C=O) groups is 1. The number of nitrogens with two attached hydrogens (primary N) is 1. The number of nitrogens with zero attached hydrogens (tertiary/aromatic N) is 2. The summed E-state index contributed by atoms with van der Waals surface area (Å²) in [5.74, 6) is 5.53. The lowest BCUT2D eigenvalue weighted by molar-refractivity contribution is 0.0137. The second kappa shape index (κ2) is 7.81. The Labute approximate surface area is 122 Å². The molecule has 0 spiro atoms. The van der Waals surface area contributed by atoms with Crippen molar-refractivity contribution in [1.82, 2.24) is 9.80 Å². The Morgan fingerprint density at radius 1 is 1.25 bits per heavy atom. The second-order valence-corrected chi connectivity index (χ2v) is 6.54. The molecular weight excluding hydrogens is 258 g/mol. The average molecular weight is 287 g/mol. The molecule has 0 radical (unpaired) electrons. The molecule has 0 aromatic carbocycles. The van der Waals surface area contributed by atoms with Gasteiger partial charge in [0.15, 0.2) is 0 Å². The van der Waals surface area contributed by atoms with Crippen molar-refractivity contribution >= 4 is 6.09 Å². The van der Waals surface area contributed by atoms with E-state index in [1.54, 1.807) is 4.90 Å². The van der Waals surface area contributed by atoms with Gasteiger partial charge in [-0.1, -0.05) is 6.92 Å². The molecule has 1 fully saturated rings. The summed E-state index contributed by atoms with van der Waals surface area (Å²) in [5.41, 5.74) is -0.425. The average Bonchev–Trinajstić information content (AvgIpc) is 2.35. The zero-order chi connectivity index (χ0) is 15.2. The molecule has 0 aromatic heterocycles. The monoisotopic (exact) mass is 287 g/mol. The lowest BCUT2D eigenvalue weighted by Gasteiger charge is -2.35. The third kappa shape index (κ3) is 6.54. The Morgan fingerprint density at radius 2 is 1.85 bits per heavy atom. The van der Waals surface area contributed by atoms with Crippen LogP contribution in [-0.2, 0) is 9.57 Å². The van der Waals surface area contributed by atoms with Gasteiger partial charge in [-0.2, -0.15) is 0 Å². The summed E-state index contributed by atoms with van der Waals surface area (Å²) in [5, 5.41) is 0. The molecule has 118 valence electrons. The predicted octanol–water partition coefficient (Wildman–Crippen LogP) is 1.46. The summed E-state index contributed by atoms with van der Waals surface area (Å²) in [4.78, 5) is 20.7. The highest BCUT2D eigenvalue weighted by Crippen LogP contribution is 2.12. The molecule has 0 aliphatic carbocycles. The molecule has 6 heteroatoms. The number of hydrogen-bond acceptors (Lipinski definition) is 5. The Bertz CT molecular complexity index is 297. The van der Waals surface area contributed by atoms with Crippen molar-refractivity contribution in [3.63, 3.8) is 0 Å². The standard InChI is InChI=1S/C14H29N3O3/c1-12(11-19-15)5-6-16-7-9-17(10-8-16)13(18)20-14(2,3)4/h12H,5-11,15H2,1-4H3. The maximum absolute atomic E-state index is 11.9. The van der Waals surface area contributed by atoms with Crippen molar-refractivity contribution in [3.8, 4) is 0 Å². The van der Waals surface area contributed by atoms with Crippen molar-refractivity contribution < 1.29 is 14.4 Å². The molecule has 1 aliphatic rings. The van der Waals surface area contributed by atoms with Gasteiger partial charge >= 0.3 is 6.09 Å². The molecule has 1 amide bonds. The summed E-state index contributed by atoms with van der Waals surface area (Å²) in [6.07, 6.45) is 0.853. The van der Waals surface area contributed by atoms with Gasteiger partial charge in [-0.05, 0) is 39.7 Å². The Balaban J connectivity index is 2.24. The highest BCUT2D eigenvalue weighted by atomic mass is 16.6. The van der Waals surface area contributed by atoms with Gasteiger partial charge in [0.2, 0.25) is 0 Å². The molecule has 1 unspecified atom stereocenters. The third-order valence-electron chi connectivity index (χ3n) is 3.34. The number of carbonyl (C=O) groups excluding carboxylic acids is 1. The summed E-state index contributed by atoms with van der Waals surface area (Å²) in [7, 11) is 0. The molecule has 2 N–H and O–H groups in total. The van der Waals surface area contributed by atoms with Crippen LogP contribution >= 0.6 is 0 Å². The minimum atomic E-state index is -0.425. The summed E-state index contributed by atoms with van der Waals surface area (Å²) in [6, 6.07) is 0. The van der Waals surface area contributed by atoms with Gasteiger partial charge in [-0.15, -0.1) is 0 Å². The highest BCUT2D eigenvalue weighted by molar-refractivity contribution is 5.68. The summed E-state index contributed by atoms with van der Waals surface area (Å²) in [6.45, 7) is 12.7. The van der Waals surface area contributed by atoms with Crippen LogP contribution in [-0.4, -0.2) is 60.8 Å². The Hall–Kier alpha value is -0.850. The fraction of sp³-hybridized carbons (Fsp3) is 0.929. The molecule has 1 rings (SSSR count). The van der Waals surface area contributed by atoms with Crippen LogP contribution in [0.15, 0.2) is 0 Å². The Kier molecular flexibility index (Phi) is 6.71. The maximum atomic E-state index is 11.9. The van der Waals surface area contributed by atoms with Crippen molar-refractivity contribution in [2.24, 2.45) is 11.8 Å². The molecule has 1 heterocycles. The van der Waals surface area contributed by atoms with E-state index in [1.807, 2.05) is 20.8 Å². The minimum Gasteiger partial charge on any atom is -0.444 e. The van der Waals surface area contributed by atoms with Crippen LogP contribution in [0.25, 0.3) is 0 Å². The highest BCUT2D eigenvalue weighted by Gasteiger charge is 2.25. The van der Waals surface area contributed by atoms with Gasteiger partial charge in [0.1, 0.15) is 5.60 Å². The first-order chi connectivity index (χ1) is 9.31. The first kappa shape index (κ1) is 17.2. The maximum Gasteiger partial charge on any atom is 0.410 e. The fourth-order valence-electron chi connectivity index (χ4n) is 2.13. The number of hydrogen-bond donors (Lipinski definition) is 1. The number of piperazine rings is 1. The molecule has 1 saturated heterocycles. The van der Waals surface area contributed by atoms with E-state index < -0.39 is 5.60 Å². The molecule has 1 aliphatic heterocycles. The molecular formula is C14H29N3O3. The molecule has 0 saturated carbocycles.